The van der Waals surface area contributed by atoms with E-state index in [1.54, 1.807) is 0 Å². The molecule has 2 aliphatic heterocycles. The molecular weight excluding hydrogens is 444 g/mol. The molecular formula is C32H42N2O2. The van der Waals surface area contributed by atoms with Crippen LogP contribution in [0.2, 0.25) is 0 Å². The first-order valence-corrected chi connectivity index (χ1v) is 14.1. The molecule has 2 heterocycles. The van der Waals surface area contributed by atoms with E-state index in [9.17, 15) is 9.59 Å². The molecule has 0 bridgehead atoms. The Morgan fingerprint density at radius 3 is 1.36 bits per heavy atom. The molecule has 2 unspecified atom stereocenters. The molecule has 0 aromatic heterocycles. The number of fused-ring (bicyclic) bond motifs is 2. The highest BCUT2D eigenvalue weighted by Crippen LogP contribution is 2.47. The topological polar surface area (TPSA) is 40.6 Å². The van der Waals surface area contributed by atoms with Gasteiger partial charge in [0, 0.05) is 24.2 Å². The summed E-state index contributed by atoms with van der Waals surface area (Å²) >= 11 is 0. The summed E-state index contributed by atoms with van der Waals surface area (Å²) in [6.07, 6.45) is 9.00. The number of amides is 2. The number of para-hydroxylation sites is 2. The van der Waals surface area contributed by atoms with Gasteiger partial charge in [0.05, 0.1) is 22.5 Å². The van der Waals surface area contributed by atoms with Crippen LogP contribution in [-0.2, 0) is 9.59 Å². The summed E-state index contributed by atoms with van der Waals surface area (Å²) in [5.74, 6) is 0.866. The van der Waals surface area contributed by atoms with Crippen molar-refractivity contribution in [1.29, 1.82) is 0 Å². The zero-order valence-corrected chi connectivity index (χ0v) is 22.6. The second-order valence-electron chi connectivity index (χ2n) is 10.4. The van der Waals surface area contributed by atoms with Crippen molar-refractivity contribution in [3.8, 4) is 0 Å². The normalized spacial score (nSPS) is 18.6. The Balaban J connectivity index is 1.75. The van der Waals surface area contributed by atoms with E-state index in [1.807, 2.05) is 58.3 Å². The number of anilines is 2. The first-order chi connectivity index (χ1) is 17.5. The summed E-state index contributed by atoms with van der Waals surface area (Å²) in [7, 11) is 0. The van der Waals surface area contributed by atoms with E-state index in [4.69, 9.17) is 0 Å². The molecule has 2 aromatic carbocycles. The van der Waals surface area contributed by atoms with E-state index in [0.717, 1.165) is 61.0 Å². The largest absolute Gasteiger partial charge is 0.307 e. The van der Waals surface area contributed by atoms with Crippen LogP contribution in [0, 0.1) is 11.8 Å². The Bertz CT molecular complexity index is 1030. The maximum Gasteiger partial charge on any atom is 0.259 e. The van der Waals surface area contributed by atoms with Crippen molar-refractivity contribution in [2.45, 2.75) is 79.1 Å². The number of hydrogen-bond donors (Lipinski definition) is 0. The van der Waals surface area contributed by atoms with Crippen molar-refractivity contribution in [2.75, 3.05) is 22.9 Å². The molecule has 4 heteroatoms. The fourth-order valence-corrected chi connectivity index (χ4v) is 5.76. The molecule has 0 fully saturated rings. The zero-order valence-electron chi connectivity index (χ0n) is 22.6. The summed E-state index contributed by atoms with van der Waals surface area (Å²) < 4.78 is 0. The number of unbranched alkanes of at least 4 members (excludes halogenated alkanes) is 2. The van der Waals surface area contributed by atoms with Crippen LogP contribution in [0.1, 0.15) is 90.2 Å². The first-order valence-electron chi connectivity index (χ1n) is 14.1. The van der Waals surface area contributed by atoms with Gasteiger partial charge in [0.25, 0.3) is 11.8 Å². The first kappa shape index (κ1) is 26.2. The maximum atomic E-state index is 14.1. The summed E-state index contributed by atoms with van der Waals surface area (Å²) in [6, 6.07) is 16.0. The monoisotopic (exact) mass is 486 g/mol. The van der Waals surface area contributed by atoms with Gasteiger partial charge in [-0.15, -0.1) is 0 Å². The lowest BCUT2D eigenvalue weighted by Gasteiger charge is -2.24. The van der Waals surface area contributed by atoms with Gasteiger partial charge in [0.2, 0.25) is 0 Å². The second kappa shape index (κ2) is 11.9. The van der Waals surface area contributed by atoms with Gasteiger partial charge in [-0.1, -0.05) is 103 Å². The SMILES string of the molecule is CCCCC(CC)CN1C(=O)/C(=C2\C(=O)N(CC(CC)CCCC)c3ccccc32)c2ccccc21. The average Bonchev–Trinajstić information content (AvgIpc) is 3.33. The number of benzene rings is 2. The van der Waals surface area contributed by atoms with Gasteiger partial charge in [-0.05, 0) is 36.8 Å². The van der Waals surface area contributed by atoms with Crippen molar-refractivity contribution in [3.63, 3.8) is 0 Å². The highest BCUT2D eigenvalue weighted by molar-refractivity contribution is 6.49. The van der Waals surface area contributed by atoms with Crippen LogP contribution in [0.5, 0.6) is 0 Å². The lowest BCUT2D eigenvalue weighted by molar-refractivity contribution is -0.114. The van der Waals surface area contributed by atoms with E-state index in [0.29, 0.717) is 36.1 Å². The van der Waals surface area contributed by atoms with Crippen LogP contribution in [0.3, 0.4) is 0 Å². The molecule has 36 heavy (non-hydrogen) atoms. The third-order valence-corrected chi connectivity index (χ3v) is 8.06. The average molecular weight is 487 g/mol. The van der Waals surface area contributed by atoms with Crippen molar-refractivity contribution >= 4 is 34.3 Å². The van der Waals surface area contributed by atoms with Crippen molar-refractivity contribution in [3.05, 3.63) is 59.7 Å². The van der Waals surface area contributed by atoms with Crippen molar-refractivity contribution < 1.29 is 9.59 Å². The molecule has 0 saturated heterocycles. The van der Waals surface area contributed by atoms with Crippen molar-refractivity contribution in [1.82, 2.24) is 0 Å². The Morgan fingerprint density at radius 1 is 0.611 bits per heavy atom. The lowest BCUT2D eigenvalue weighted by Crippen LogP contribution is -2.34. The fraction of sp³-hybridized carbons (Fsp3) is 0.500. The minimum atomic E-state index is -0.0239. The van der Waals surface area contributed by atoms with Gasteiger partial charge in [-0.2, -0.15) is 0 Å². The standard InChI is InChI=1S/C32H42N2O2/c1-5-9-15-23(7-3)21-33-27-19-13-11-17-25(27)29(31(33)35)30-26-18-12-14-20-28(26)34(32(30)36)22-24(8-4)16-10-6-2/h11-14,17-20,23-24H,5-10,15-16,21-22H2,1-4H3/b30-29-. The zero-order chi connectivity index (χ0) is 25.7. The molecule has 0 radical (unpaired) electrons. The van der Waals surface area contributed by atoms with Crippen LogP contribution < -0.4 is 9.80 Å². The maximum absolute atomic E-state index is 14.1. The molecule has 0 aliphatic carbocycles. The third-order valence-electron chi connectivity index (χ3n) is 8.06. The molecule has 0 spiro atoms. The van der Waals surface area contributed by atoms with Crippen LogP contribution in [-0.4, -0.2) is 24.9 Å². The van der Waals surface area contributed by atoms with E-state index >= 15 is 0 Å². The predicted molar refractivity (Wildman–Crippen MR) is 151 cm³/mol. The molecule has 2 aliphatic rings. The quantitative estimate of drug-likeness (QED) is 0.288. The predicted octanol–water partition coefficient (Wildman–Crippen LogP) is 7.72. The smallest absolute Gasteiger partial charge is 0.259 e. The fourth-order valence-electron chi connectivity index (χ4n) is 5.76. The molecule has 2 aromatic rings. The number of rotatable bonds is 12. The van der Waals surface area contributed by atoms with Crippen LogP contribution in [0.25, 0.3) is 11.1 Å². The molecule has 192 valence electrons. The highest BCUT2D eigenvalue weighted by Gasteiger charge is 2.42. The van der Waals surface area contributed by atoms with E-state index in [1.165, 1.54) is 12.8 Å². The van der Waals surface area contributed by atoms with Crippen LogP contribution in [0.15, 0.2) is 48.5 Å². The number of nitrogens with zero attached hydrogens (tertiary/aromatic N) is 2. The lowest BCUT2D eigenvalue weighted by atomic mass is 9.96. The molecule has 4 rings (SSSR count). The third kappa shape index (κ3) is 5.00. The minimum absolute atomic E-state index is 0.0239. The van der Waals surface area contributed by atoms with Gasteiger partial charge in [-0.3, -0.25) is 9.59 Å². The Morgan fingerprint density at radius 2 is 1.00 bits per heavy atom. The van der Waals surface area contributed by atoms with Crippen LogP contribution in [0.4, 0.5) is 11.4 Å². The van der Waals surface area contributed by atoms with Gasteiger partial charge < -0.3 is 9.80 Å². The Hall–Kier alpha value is -2.88. The van der Waals surface area contributed by atoms with E-state index < -0.39 is 0 Å². The second-order valence-corrected chi connectivity index (χ2v) is 10.4. The highest BCUT2D eigenvalue weighted by atomic mass is 16.2. The summed E-state index contributed by atoms with van der Waals surface area (Å²) in [5.41, 5.74) is 4.84. The molecule has 2 amide bonds. The summed E-state index contributed by atoms with van der Waals surface area (Å²) in [6.45, 7) is 10.3. The van der Waals surface area contributed by atoms with Gasteiger partial charge >= 0.3 is 0 Å². The Kier molecular flexibility index (Phi) is 8.66. The molecule has 0 saturated carbocycles. The number of hydrogen-bond acceptors (Lipinski definition) is 2. The van der Waals surface area contributed by atoms with E-state index in [2.05, 4.69) is 27.7 Å². The van der Waals surface area contributed by atoms with Crippen LogP contribution >= 0.6 is 0 Å². The Labute approximate surface area is 217 Å². The minimum Gasteiger partial charge on any atom is -0.307 e. The molecule has 0 N–H and O–H groups in total. The van der Waals surface area contributed by atoms with E-state index in [-0.39, 0.29) is 11.8 Å². The van der Waals surface area contributed by atoms with Gasteiger partial charge in [-0.25, -0.2) is 0 Å². The molecule has 2 atom stereocenters. The number of carbonyl (C=O) groups is 2. The summed E-state index contributed by atoms with van der Waals surface area (Å²) in [5, 5.41) is 0. The van der Waals surface area contributed by atoms with Gasteiger partial charge in [0.1, 0.15) is 0 Å². The molecule has 4 nitrogen and oxygen atoms in total. The van der Waals surface area contributed by atoms with Crippen molar-refractivity contribution in [2.24, 2.45) is 11.8 Å². The summed E-state index contributed by atoms with van der Waals surface area (Å²) in [4.78, 5) is 32.0. The number of carbonyl (C=O) groups excluding carboxylic acids is 2. The van der Waals surface area contributed by atoms with Gasteiger partial charge in [0.15, 0.2) is 0 Å².